The second-order valence-electron chi connectivity index (χ2n) is 17.0. The van der Waals surface area contributed by atoms with Crippen molar-refractivity contribution in [2.75, 3.05) is 26.9 Å². The number of hydrogen-bond acceptors (Lipinski definition) is 6. The number of allylic oxidation sites excluding steroid dienone is 1. The van der Waals surface area contributed by atoms with Crippen molar-refractivity contribution < 1.29 is 28.5 Å². The Morgan fingerprint density at radius 1 is 1.02 bits per heavy atom. The Morgan fingerprint density at radius 3 is 2.43 bits per heavy atom. The molecule has 1 aliphatic heterocycles. The van der Waals surface area contributed by atoms with Crippen molar-refractivity contribution in [2.24, 2.45) is 56.7 Å². The van der Waals surface area contributed by atoms with Crippen LogP contribution in [0.3, 0.4) is 0 Å². The first-order valence-corrected chi connectivity index (χ1v) is 17.9. The summed E-state index contributed by atoms with van der Waals surface area (Å²) < 4.78 is 25.5. The molecule has 4 aliphatic carbocycles. The van der Waals surface area contributed by atoms with Crippen LogP contribution in [0, 0.1) is 56.7 Å². The van der Waals surface area contributed by atoms with Crippen LogP contribution < -0.4 is 0 Å². The van der Waals surface area contributed by atoms with Crippen LogP contribution in [0.4, 0.5) is 0 Å². The highest BCUT2D eigenvalue weighted by Crippen LogP contribution is 2.75. The molecule has 6 rings (SSSR count). The number of carbonyl (C=O) groups excluding carboxylic acids is 2. The molecule has 1 saturated heterocycles. The molecule has 254 valence electrons. The first kappa shape index (κ1) is 33.9. The van der Waals surface area contributed by atoms with E-state index >= 15 is 0 Å². The lowest BCUT2D eigenvalue weighted by atomic mass is 9.34. The zero-order chi connectivity index (χ0) is 33.1. The number of ether oxygens (including phenoxy) is 4. The predicted octanol–water partition coefficient (Wildman–Crippen LogP) is 7.83. The summed E-state index contributed by atoms with van der Waals surface area (Å²) in [5.74, 6) is 1.21. The van der Waals surface area contributed by atoms with Crippen molar-refractivity contribution in [1.82, 2.24) is 0 Å². The maximum absolute atomic E-state index is 14.6. The van der Waals surface area contributed by atoms with Crippen LogP contribution in [0.1, 0.15) is 92.6 Å². The highest BCUT2D eigenvalue weighted by Gasteiger charge is 2.72. The Bertz CT molecular complexity index is 1320. The zero-order valence-electron chi connectivity index (χ0n) is 29.6. The van der Waals surface area contributed by atoms with Gasteiger partial charge >= 0.3 is 5.97 Å². The minimum absolute atomic E-state index is 0.0188. The SMILES string of the molecule is CO[C@@H]1C[C@]2(C)COC[C@@]3(C4=CC[C@@]5(C)[C@H](C(=O)OCc6ccccc6)[C@@](C)([C@H](C)C(C)C)CC[C@]5(C)[C@H]4CC[C@H]23)[C@H]1OCC=O. The van der Waals surface area contributed by atoms with Crippen LogP contribution in [-0.2, 0) is 35.1 Å². The maximum atomic E-state index is 14.6. The molecule has 1 heterocycles. The normalized spacial score (nSPS) is 43.8. The fourth-order valence-corrected chi connectivity index (χ4v) is 12.0. The van der Waals surface area contributed by atoms with Gasteiger partial charge in [-0.2, -0.15) is 0 Å². The Hall–Kier alpha value is -2.02. The summed E-state index contributed by atoms with van der Waals surface area (Å²) in [5.41, 5.74) is 1.50. The summed E-state index contributed by atoms with van der Waals surface area (Å²) in [6.07, 6.45) is 8.94. The minimum Gasteiger partial charge on any atom is -0.461 e. The summed E-state index contributed by atoms with van der Waals surface area (Å²) in [7, 11) is 1.79. The molecule has 4 fully saturated rings. The van der Waals surface area contributed by atoms with E-state index in [2.05, 4.69) is 54.5 Å². The fourth-order valence-electron chi connectivity index (χ4n) is 12.0. The van der Waals surface area contributed by atoms with Gasteiger partial charge in [0.25, 0.3) is 0 Å². The average molecular weight is 635 g/mol. The number of carbonyl (C=O) groups is 2. The van der Waals surface area contributed by atoms with Gasteiger partial charge in [0.15, 0.2) is 0 Å². The van der Waals surface area contributed by atoms with Gasteiger partial charge in [0.2, 0.25) is 0 Å². The molecular formula is C40H58O6. The van der Waals surface area contributed by atoms with E-state index in [0.717, 1.165) is 57.0 Å². The third-order valence-corrected chi connectivity index (χ3v) is 14.9. The molecule has 1 aromatic rings. The molecule has 6 heteroatoms. The largest absolute Gasteiger partial charge is 0.461 e. The van der Waals surface area contributed by atoms with Crippen molar-refractivity contribution in [3.05, 3.63) is 47.5 Å². The van der Waals surface area contributed by atoms with Gasteiger partial charge in [0.1, 0.15) is 19.5 Å². The van der Waals surface area contributed by atoms with Crippen LogP contribution in [0.2, 0.25) is 0 Å². The molecule has 0 N–H and O–H groups in total. The highest BCUT2D eigenvalue weighted by atomic mass is 16.5. The molecule has 46 heavy (non-hydrogen) atoms. The fraction of sp³-hybridized carbons (Fsp3) is 0.750. The van der Waals surface area contributed by atoms with Gasteiger partial charge in [-0.05, 0) is 89.4 Å². The first-order chi connectivity index (χ1) is 21.8. The van der Waals surface area contributed by atoms with Gasteiger partial charge in [-0.25, -0.2) is 0 Å². The van der Waals surface area contributed by atoms with E-state index in [1.807, 2.05) is 30.3 Å². The topological polar surface area (TPSA) is 71.1 Å². The third kappa shape index (κ3) is 4.82. The lowest BCUT2D eigenvalue weighted by Crippen LogP contribution is -2.71. The minimum atomic E-state index is -0.350. The van der Waals surface area contributed by atoms with E-state index in [1.54, 1.807) is 7.11 Å². The number of methoxy groups -OCH3 is 1. The van der Waals surface area contributed by atoms with Crippen LogP contribution in [-0.4, -0.2) is 51.4 Å². The standard InChI is InChI=1S/C40H58O6/c1-26(2)27(3)37(5)18-19-38(6)29-14-15-32-36(4)22-31(43-8)34(45-21-20-41)40(32,25-44-24-36)30(29)16-17-39(38,7)33(37)35(42)46-23-28-12-10-9-11-13-28/h9-13,16,20,26-27,29,31-34H,14-15,17-19,21-25H2,1-8H3/t27-,29+,31-,32-,33-,34+,36-,37-,38-,39+,40+/m1/s1. The number of rotatable bonds is 9. The van der Waals surface area contributed by atoms with E-state index < -0.39 is 0 Å². The Balaban J connectivity index is 1.45. The van der Waals surface area contributed by atoms with Crippen LogP contribution >= 0.6 is 0 Å². The first-order valence-electron chi connectivity index (χ1n) is 17.9. The lowest BCUT2D eigenvalue weighted by Gasteiger charge is -2.71. The molecule has 6 nitrogen and oxygen atoms in total. The number of esters is 1. The van der Waals surface area contributed by atoms with E-state index in [1.165, 1.54) is 5.57 Å². The zero-order valence-corrected chi connectivity index (χ0v) is 29.6. The molecule has 0 aromatic heterocycles. The molecule has 0 unspecified atom stereocenters. The van der Waals surface area contributed by atoms with Crippen molar-refractivity contribution in [3.63, 3.8) is 0 Å². The van der Waals surface area contributed by atoms with Gasteiger partial charge in [-0.1, -0.05) is 90.4 Å². The maximum Gasteiger partial charge on any atom is 0.310 e. The van der Waals surface area contributed by atoms with Crippen LogP contribution in [0.5, 0.6) is 0 Å². The highest BCUT2D eigenvalue weighted by molar-refractivity contribution is 5.75. The third-order valence-electron chi connectivity index (χ3n) is 14.9. The smallest absolute Gasteiger partial charge is 0.310 e. The van der Waals surface area contributed by atoms with E-state index in [0.29, 0.717) is 31.0 Å². The quantitative estimate of drug-likeness (QED) is 0.157. The number of fused-ring (bicyclic) bond motifs is 3. The molecule has 1 aromatic carbocycles. The van der Waals surface area contributed by atoms with E-state index in [4.69, 9.17) is 18.9 Å². The molecular weight excluding hydrogens is 576 g/mol. The number of hydrogen-bond donors (Lipinski definition) is 0. The van der Waals surface area contributed by atoms with Gasteiger partial charge in [-0.3, -0.25) is 4.79 Å². The second-order valence-corrected chi connectivity index (χ2v) is 17.0. The van der Waals surface area contributed by atoms with Crippen molar-refractivity contribution in [1.29, 1.82) is 0 Å². The van der Waals surface area contributed by atoms with Gasteiger partial charge in [0.05, 0.1) is 31.3 Å². The van der Waals surface area contributed by atoms with Crippen LogP contribution in [0.25, 0.3) is 0 Å². The molecule has 5 aliphatic rings. The Morgan fingerprint density at radius 2 is 1.76 bits per heavy atom. The molecule has 0 radical (unpaired) electrons. The summed E-state index contributed by atoms with van der Waals surface area (Å²) in [5, 5.41) is 0. The lowest BCUT2D eigenvalue weighted by molar-refractivity contribution is -0.267. The Labute approximate surface area is 277 Å². The molecule has 11 atom stereocenters. The monoisotopic (exact) mass is 634 g/mol. The van der Waals surface area contributed by atoms with Crippen molar-refractivity contribution in [3.8, 4) is 0 Å². The Kier molecular flexibility index (Phi) is 8.94. The van der Waals surface area contributed by atoms with E-state index in [9.17, 15) is 9.59 Å². The molecule has 0 amide bonds. The number of benzene rings is 1. The predicted molar refractivity (Wildman–Crippen MR) is 179 cm³/mol. The van der Waals surface area contributed by atoms with Crippen LogP contribution in [0.15, 0.2) is 42.0 Å². The molecule has 2 bridgehead atoms. The number of aldehydes is 1. The summed E-state index contributed by atoms with van der Waals surface area (Å²) in [6, 6.07) is 10.1. The summed E-state index contributed by atoms with van der Waals surface area (Å²) in [4.78, 5) is 26.3. The average Bonchev–Trinajstić information content (AvgIpc) is 3.03. The van der Waals surface area contributed by atoms with Gasteiger partial charge < -0.3 is 23.7 Å². The van der Waals surface area contributed by atoms with Gasteiger partial charge in [0, 0.05) is 12.5 Å². The summed E-state index contributed by atoms with van der Waals surface area (Å²) in [6.45, 7) is 18.3. The summed E-state index contributed by atoms with van der Waals surface area (Å²) >= 11 is 0. The molecule has 3 saturated carbocycles. The van der Waals surface area contributed by atoms with Gasteiger partial charge in [-0.15, -0.1) is 0 Å². The molecule has 0 spiro atoms. The van der Waals surface area contributed by atoms with Crippen molar-refractivity contribution >= 4 is 12.3 Å². The van der Waals surface area contributed by atoms with Crippen molar-refractivity contribution in [2.45, 2.75) is 106 Å². The second kappa shape index (κ2) is 12.1. The van der Waals surface area contributed by atoms with E-state index in [-0.39, 0.29) is 63.7 Å².